The molecular formula is C22H27N4S+. The molecule has 27 heavy (non-hydrogen) atoms. The lowest BCUT2D eigenvalue weighted by atomic mass is 9.90. The van der Waals surface area contributed by atoms with Gasteiger partial charge in [-0.3, -0.25) is 0 Å². The number of quaternary nitrogens is 1. The third-order valence-corrected chi connectivity index (χ3v) is 6.04. The minimum Gasteiger partial charge on any atom is -0.316 e. The van der Waals surface area contributed by atoms with E-state index in [1.165, 1.54) is 31.5 Å². The first kappa shape index (κ1) is 18.1. The highest BCUT2D eigenvalue weighted by Gasteiger charge is 2.24. The molecule has 4 rings (SSSR count). The highest BCUT2D eigenvalue weighted by Crippen LogP contribution is 2.23. The lowest BCUT2D eigenvalue weighted by Gasteiger charge is -2.29. The van der Waals surface area contributed by atoms with Crippen LogP contribution in [0.4, 0.5) is 0 Å². The molecule has 3 aromatic rings. The van der Waals surface area contributed by atoms with Crippen molar-refractivity contribution in [1.29, 1.82) is 0 Å². The van der Waals surface area contributed by atoms with Crippen molar-refractivity contribution in [3.8, 4) is 11.4 Å². The summed E-state index contributed by atoms with van der Waals surface area (Å²) in [6, 6.07) is 21.3. The maximum atomic E-state index is 5.73. The van der Waals surface area contributed by atoms with Crippen molar-refractivity contribution in [2.45, 2.75) is 38.9 Å². The summed E-state index contributed by atoms with van der Waals surface area (Å²) in [5, 5.41) is 4.88. The predicted molar refractivity (Wildman–Crippen MR) is 111 cm³/mol. The van der Waals surface area contributed by atoms with Crippen LogP contribution in [0.15, 0.2) is 60.7 Å². The first-order valence-electron chi connectivity index (χ1n) is 9.88. The SMILES string of the molecule is CCn1c(-c2ccccc2)nn(C[NH+]2CCC(c3ccccc3)CC2)c1=S. The molecule has 2 heterocycles. The third-order valence-electron chi connectivity index (χ3n) is 5.61. The second-order valence-corrected chi connectivity index (χ2v) is 7.67. The van der Waals surface area contributed by atoms with Crippen molar-refractivity contribution >= 4 is 12.2 Å². The number of piperidine rings is 1. The van der Waals surface area contributed by atoms with E-state index in [4.69, 9.17) is 17.3 Å². The largest absolute Gasteiger partial charge is 0.316 e. The maximum Gasteiger partial charge on any atom is 0.203 e. The Morgan fingerprint density at radius 1 is 1.00 bits per heavy atom. The van der Waals surface area contributed by atoms with E-state index in [-0.39, 0.29) is 0 Å². The molecule has 1 saturated heterocycles. The smallest absolute Gasteiger partial charge is 0.203 e. The molecule has 140 valence electrons. The van der Waals surface area contributed by atoms with Gasteiger partial charge in [0, 0.05) is 24.9 Å². The first-order valence-corrected chi connectivity index (χ1v) is 10.3. The number of nitrogens with one attached hydrogen (secondary N) is 1. The molecule has 0 atom stereocenters. The van der Waals surface area contributed by atoms with E-state index in [2.05, 4.69) is 66.1 Å². The van der Waals surface area contributed by atoms with Crippen LogP contribution in [-0.4, -0.2) is 27.4 Å². The number of nitrogens with zero attached hydrogens (tertiary/aromatic N) is 3. The Balaban J connectivity index is 1.48. The topological polar surface area (TPSA) is 27.2 Å². The Labute approximate surface area is 166 Å². The number of benzene rings is 2. The van der Waals surface area contributed by atoms with Crippen LogP contribution >= 0.6 is 12.2 Å². The highest BCUT2D eigenvalue weighted by atomic mass is 32.1. The average Bonchev–Trinajstić information content (AvgIpc) is 3.05. The molecular weight excluding hydrogens is 352 g/mol. The molecule has 0 radical (unpaired) electrons. The maximum absolute atomic E-state index is 5.73. The fourth-order valence-corrected chi connectivity index (χ4v) is 4.41. The summed E-state index contributed by atoms with van der Waals surface area (Å²) in [5.74, 6) is 1.66. The van der Waals surface area contributed by atoms with Crippen molar-refractivity contribution in [1.82, 2.24) is 14.3 Å². The second kappa shape index (κ2) is 8.19. The number of hydrogen-bond donors (Lipinski definition) is 1. The molecule has 0 aliphatic carbocycles. The minimum absolute atomic E-state index is 0.691. The lowest BCUT2D eigenvalue weighted by molar-refractivity contribution is -0.928. The molecule has 1 aliphatic rings. The normalized spacial score (nSPS) is 19.9. The predicted octanol–water partition coefficient (Wildman–Crippen LogP) is 3.52. The summed E-state index contributed by atoms with van der Waals surface area (Å²) in [7, 11) is 0. The molecule has 4 nitrogen and oxygen atoms in total. The van der Waals surface area contributed by atoms with Crippen LogP contribution in [0.2, 0.25) is 0 Å². The summed E-state index contributed by atoms with van der Waals surface area (Å²) in [6.45, 7) is 6.16. The van der Waals surface area contributed by atoms with Gasteiger partial charge in [-0.25, -0.2) is 0 Å². The van der Waals surface area contributed by atoms with E-state index in [1.54, 1.807) is 4.90 Å². The average molecular weight is 380 g/mol. The first-order chi connectivity index (χ1) is 13.3. The van der Waals surface area contributed by atoms with E-state index in [9.17, 15) is 0 Å². The number of likely N-dealkylation sites (tertiary alicyclic amines) is 1. The van der Waals surface area contributed by atoms with Gasteiger partial charge >= 0.3 is 0 Å². The zero-order chi connectivity index (χ0) is 18.6. The van der Waals surface area contributed by atoms with E-state index in [0.29, 0.717) is 5.92 Å². The number of rotatable bonds is 5. The van der Waals surface area contributed by atoms with E-state index in [0.717, 1.165) is 29.4 Å². The standard InChI is InChI=1S/C22H26N4S/c1-2-25-21(20-11-7-4-8-12-20)23-26(22(25)27)17-24-15-13-19(14-16-24)18-9-5-3-6-10-18/h3-12,19H,2,13-17H2,1H3/p+1. The van der Waals surface area contributed by atoms with Crippen LogP contribution in [0.1, 0.15) is 31.2 Å². The monoisotopic (exact) mass is 379 g/mol. The molecule has 1 aromatic heterocycles. The Morgan fingerprint density at radius 3 is 2.26 bits per heavy atom. The Kier molecular flexibility index (Phi) is 5.50. The summed E-state index contributed by atoms with van der Waals surface area (Å²) < 4.78 is 4.99. The quantitative estimate of drug-likeness (QED) is 0.687. The van der Waals surface area contributed by atoms with Gasteiger partial charge in [0.05, 0.1) is 13.1 Å². The van der Waals surface area contributed by atoms with Crippen LogP contribution in [0.3, 0.4) is 0 Å². The summed E-state index contributed by atoms with van der Waals surface area (Å²) in [6.07, 6.45) is 2.46. The molecule has 1 N–H and O–H groups in total. The summed E-state index contributed by atoms with van der Waals surface area (Å²) in [5.41, 5.74) is 2.61. The van der Waals surface area contributed by atoms with Gasteiger partial charge in [-0.15, -0.1) is 5.10 Å². The van der Waals surface area contributed by atoms with Crippen LogP contribution in [-0.2, 0) is 13.2 Å². The Bertz CT molecular complexity index is 922. The van der Waals surface area contributed by atoms with Crippen molar-refractivity contribution < 1.29 is 4.90 Å². The Morgan fingerprint density at radius 2 is 1.63 bits per heavy atom. The fourth-order valence-electron chi connectivity index (χ4n) is 4.08. The third kappa shape index (κ3) is 3.89. The minimum atomic E-state index is 0.691. The van der Waals surface area contributed by atoms with E-state index in [1.807, 2.05) is 10.7 Å². The van der Waals surface area contributed by atoms with Crippen molar-refractivity contribution in [3.05, 3.63) is 71.0 Å². The molecule has 0 bridgehead atoms. The molecule has 5 heteroatoms. The van der Waals surface area contributed by atoms with Crippen molar-refractivity contribution in [3.63, 3.8) is 0 Å². The van der Waals surface area contributed by atoms with Gasteiger partial charge in [0.2, 0.25) is 4.77 Å². The number of aromatic nitrogens is 3. The molecule has 1 fully saturated rings. The lowest BCUT2D eigenvalue weighted by Crippen LogP contribution is -3.12. The van der Waals surface area contributed by atoms with Crippen molar-refractivity contribution in [2.24, 2.45) is 0 Å². The summed E-state index contributed by atoms with van der Waals surface area (Å²) in [4.78, 5) is 1.57. The van der Waals surface area contributed by atoms with Gasteiger partial charge in [-0.2, -0.15) is 4.68 Å². The van der Waals surface area contributed by atoms with Crippen LogP contribution in [0.25, 0.3) is 11.4 Å². The van der Waals surface area contributed by atoms with Gasteiger partial charge < -0.3 is 9.47 Å². The van der Waals surface area contributed by atoms with Gasteiger partial charge in [0.1, 0.15) is 0 Å². The molecule has 2 aromatic carbocycles. The van der Waals surface area contributed by atoms with Gasteiger partial charge in [0.15, 0.2) is 12.5 Å². The summed E-state index contributed by atoms with van der Waals surface area (Å²) >= 11 is 5.73. The molecule has 0 unspecified atom stereocenters. The van der Waals surface area contributed by atoms with Gasteiger partial charge in [-0.05, 0) is 30.6 Å². The van der Waals surface area contributed by atoms with E-state index < -0.39 is 0 Å². The van der Waals surface area contributed by atoms with Gasteiger partial charge in [-0.1, -0.05) is 60.7 Å². The van der Waals surface area contributed by atoms with Gasteiger partial charge in [0.25, 0.3) is 0 Å². The molecule has 1 aliphatic heterocycles. The molecule has 0 spiro atoms. The molecule has 0 saturated carbocycles. The van der Waals surface area contributed by atoms with Crippen LogP contribution in [0, 0.1) is 4.77 Å². The van der Waals surface area contributed by atoms with Crippen LogP contribution in [0.5, 0.6) is 0 Å². The zero-order valence-corrected chi connectivity index (χ0v) is 16.7. The van der Waals surface area contributed by atoms with Crippen LogP contribution < -0.4 is 4.90 Å². The Hall–Kier alpha value is -2.24. The zero-order valence-electron chi connectivity index (χ0n) is 15.8. The molecule has 0 amide bonds. The highest BCUT2D eigenvalue weighted by molar-refractivity contribution is 7.71. The fraction of sp³-hybridized carbons (Fsp3) is 0.364. The van der Waals surface area contributed by atoms with Crippen molar-refractivity contribution in [2.75, 3.05) is 13.1 Å². The van der Waals surface area contributed by atoms with E-state index >= 15 is 0 Å². The number of hydrogen-bond acceptors (Lipinski definition) is 2. The second-order valence-electron chi connectivity index (χ2n) is 7.31.